The number of esters is 1. The molecule has 0 amide bonds. The number of hydrogen-bond acceptors (Lipinski definition) is 5. The van der Waals surface area contributed by atoms with Crippen molar-refractivity contribution in [2.75, 3.05) is 45.3 Å². The van der Waals surface area contributed by atoms with Gasteiger partial charge in [0.2, 0.25) is 0 Å². The SMILES string of the molecule is CCNC(=NCCC(=O)OC)NC1CCN(c2ccccc2OC)C1.I. The van der Waals surface area contributed by atoms with Crippen LogP contribution in [0.4, 0.5) is 5.69 Å². The Morgan fingerprint density at radius 3 is 2.81 bits per heavy atom. The van der Waals surface area contributed by atoms with Gasteiger partial charge in [-0.25, -0.2) is 0 Å². The van der Waals surface area contributed by atoms with Crippen LogP contribution in [0.5, 0.6) is 5.75 Å². The molecule has 2 N–H and O–H groups in total. The minimum absolute atomic E-state index is 0. The molecule has 0 spiro atoms. The summed E-state index contributed by atoms with van der Waals surface area (Å²) < 4.78 is 10.1. The van der Waals surface area contributed by atoms with Crippen LogP contribution in [0, 0.1) is 0 Å². The van der Waals surface area contributed by atoms with Gasteiger partial charge in [0.05, 0.1) is 32.9 Å². The smallest absolute Gasteiger partial charge is 0.307 e. The lowest BCUT2D eigenvalue weighted by Gasteiger charge is -2.22. The number of benzene rings is 1. The number of ether oxygens (including phenoxy) is 2. The maximum absolute atomic E-state index is 11.2. The Morgan fingerprint density at radius 2 is 2.12 bits per heavy atom. The van der Waals surface area contributed by atoms with E-state index in [0.29, 0.717) is 12.6 Å². The molecule has 1 aliphatic rings. The van der Waals surface area contributed by atoms with E-state index in [9.17, 15) is 4.79 Å². The van der Waals surface area contributed by atoms with Gasteiger partial charge in [0.15, 0.2) is 5.96 Å². The van der Waals surface area contributed by atoms with Crippen LogP contribution in [0.2, 0.25) is 0 Å². The molecule has 0 aliphatic carbocycles. The van der Waals surface area contributed by atoms with Gasteiger partial charge in [-0.1, -0.05) is 12.1 Å². The first-order valence-corrected chi connectivity index (χ1v) is 8.67. The number of hydrogen-bond donors (Lipinski definition) is 2. The van der Waals surface area contributed by atoms with E-state index >= 15 is 0 Å². The maximum atomic E-state index is 11.2. The van der Waals surface area contributed by atoms with E-state index in [1.54, 1.807) is 7.11 Å². The van der Waals surface area contributed by atoms with Gasteiger partial charge in [0.25, 0.3) is 0 Å². The molecule has 1 aromatic carbocycles. The van der Waals surface area contributed by atoms with Crippen LogP contribution in [-0.2, 0) is 9.53 Å². The van der Waals surface area contributed by atoms with Crippen molar-refractivity contribution >= 4 is 41.6 Å². The van der Waals surface area contributed by atoms with E-state index < -0.39 is 0 Å². The molecule has 2 rings (SSSR count). The van der Waals surface area contributed by atoms with E-state index in [0.717, 1.165) is 43.5 Å². The molecule has 0 saturated carbocycles. The van der Waals surface area contributed by atoms with E-state index in [2.05, 4.69) is 31.3 Å². The first-order chi connectivity index (χ1) is 12.2. The summed E-state index contributed by atoms with van der Waals surface area (Å²) in [6.45, 7) is 5.03. The van der Waals surface area contributed by atoms with Crippen LogP contribution in [0.3, 0.4) is 0 Å². The van der Waals surface area contributed by atoms with Gasteiger partial charge in [-0.2, -0.15) is 0 Å². The molecule has 146 valence electrons. The molecule has 0 bridgehead atoms. The van der Waals surface area contributed by atoms with Crippen molar-refractivity contribution in [3.63, 3.8) is 0 Å². The Labute approximate surface area is 172 Å². The van der Waals surface area contributed by atoms with Gasteiger partial charge < -0.3 is 25.0 Å². The second-order valence-corrected chi connectivity index (χ2v) is 5.83. The molecule has 1 atom stereocenters. The number of anilines is 1. The fraction of sp³-hybridized carbons (Fsp3) is 0.556. The first kappa shape index (κ1) is 22.3. The topological polar surface area (TPSA) is 75.2 Å². The number of nitrogens with one attached hydrogen (secondary N) is 2. The van der Waals surface area contributed by atoms with Crippen LogP contribution in [0.1, 0.15) is 19.8 Å². The van der Waals surface area contributed by atoms with Crippen molar-refractivity contribution in [2.24, 2.45) is 4.99 Å². The second kappa shape index (κ2) is 11.8. The van der Waals surface area contributed by atoms with Crippen LogP contribution >= 0.6 is 24.0 Å². The second-order valence-electron chi connectivity index (χ2n) is 5.83. The molecule has 0 radical (unpaired) electrons. The number of nitrogens with zero attached hydrogens (tertiary/aromatic N) is 2. The minimum Gasteiger partial charge on any atom is -0.495 e. The number of carbonyl (C=O) groups excluding carboxylic acids is 1. The van der Waals surface area contributed by atoms with Crippen LogP contribution in [0.15, 0.2) is 29.3 Å². The lowest BCUT2D eigenvalue weighted by Crippen LogP contribution is -2.44. The Balaban J connectivity index is 0.00000338. The van der Waals surface area contributed by atoms with Gasteiger partial charge in [-0.3, -0.25) is 9.79 Å². The van der Waals surface area contributed by atoms with Gasteiger partial charge in [0, 0.05) is 25.7 Å². The van der Waals surface area contributed by atoms with Crippen LogP contribution in [-0.4, -0.2) is 58.4 Å². The number of para-hydroxylation sites is 2. The molecule has 1 aliphatic heterocycles. The van der Waals surface area contributed by atoms with Crippen molar-refractivity contribution in [1.82, 2.24) is 10.6 Å². The molecule has 1 saturated heterocycles. The average molecular weight is 476 g/mol. The van der Waals surface area contributed by atoms with E-state index in [1.807, 2.05) is 25.1 Å². The fourth-order valence-corrected chi connectivity index (χ4v) is 2.86. The molecule has 1 aromatic rings. The normalized spacial score (nSPS) is 16.7. The summed E-state index contributed by atoms with van der Waals surface area (Å²) in [6.07, 6.45) is 1.30. The lowest BCUT2D eigenvalue weighted by molar-refractivity contribution is -0.140. The third kappa shape index (κ3) is 6.54. The monoisotopic (exact) mass is 476 g/mol. The standard InChI is InChI=1S/C18H28N4O3.HI/c1-4-19-18(20-11-9-17(23)25-3)21-14-10-12-22(13-14)15-7-5-6-8-16(15)24-2;/h5-8,14H,4,9-13H2,1-3H3,(H2,19,20,21);1H. The first-order valence-electron chi connectivity index (χ1n) is 8.67. The minimum atomic E-state index is -0.247. The molecule has 0 aromatic heterocycles. The Bertz CT molecular complexity index is 598. The predicted molar refractivity (Wildman–Crippen MR) is 115 cm³/mol. The number of guanidine groups is 1. The summed E-state index contributed by atoms with van der Waals surface area (Å²) in [5, 5.41) is 6.67. The molecule has 1 unspecified atom stereocenters. The van der Waals surface area contributed by atoms with Gasteiger partial charge in [-0.15, -0.1) is 24.0 Å². The van der Waals surface area contributed by atoms with Crippen molar-refractivity contribution in [3.05, 3.63) is 24.3 Å². The highest BCUT2D eigenvalue weighted by Gasteiger charge is 2.25. The van der Waals surface area contributed by atoms with Crippen molar-refractivity contribution in [1.29, 1.82) is 0 Å². The van der Waals surface area contributed by atoms with Gasteiger partial charge in [0.1, 0.15) is 5.75 Å². The zero-order chi connectivity index (χ0) is 18.1. The highest BCUT2D eigenvalue weighted by molar-refractivity contribution is 14.0. The van der Waals surface area contributed by atoms with E-state index in [4.69, 9.17) is 4.74 Å². The third-order valence-electron chi connectivity index (χ3n) is 4.11. The van der Waals surface area contributed by atoms with E-state index in [-0.39, 0.29) is 36.4 Å². The maximum Gasteiger partial charge on any atom is 0.307 e. The predicted octanol–water partition coefficient (Wildman–Crippen LogP) is 2.01. The summed E-state index contributed by atoms with van der Waals surface area (Å²) in [5.74, 6) is 1.38. The van der Waals surface area contributed by atoms with Crippen molar-refractivity contribution in [3.8, 4) is 5.75 Å². The molecular weight excluding hydrogens is 447 g/mol. The number of aliphatic imine (C=N–C) groups is 1. The highest BCUT2D eigenvalue weighted by Crippen LogP contribution is 2.30. The molecule has 1 fully saturated rings. The summed E-state index contributed by atoms with van der Waals surface area (Å²) in [4.78, 5) is 18.0. The summed E-state index contributed by atoms with van der Waals surface area (Å²) in [7, 11) is 3.09. The van der Waals surface area contributed by atoms with Gasteiger partial charge >= 0.3 is 5.97 Å². The molecular formula is C18H29IN4O3. The molecule has 7 nitrogen and oxygen atoms in total. The molecule has 1 heterocycles. The van der Waals surface area contributed by atoms with Crippen molar-refractivity contribution < 1.29 is 14.3 Å². The van der Waals surface area contributed by atoms with Gasteiger partial charge in [-0.05, 0) is 25.5 Å². The quantitative estimate of drug-likeness (QED) is 0.272. The third-order valence-corrected chi connectivity index (χ3v) is 4.11. The number of carbonyl (C=O) groups is 1. The Hall–Kier alpha value is -1.71. The summed E-state index contributed by atoms with van der Waals surface area (Å²) in [5.41, 5.74) is 1.11. The Morgan fingerprint density at radius 1 is 1.35 bits per heavy atom. The largest absolute Gasteiger partial charge is 0.495 e. The highest BCUT2D eigenvalue weighted by atomic mass is 127. The average Bonchev–Trinajstić information content (AvgIpc) is 3.10. The van der Waals surface area contributed by atoms with E-state index in [1.165, 1.54) is 7.11 Å². The Kier molecular flexibility index (Phi) is 10.2. The summed E-state index contributed by atoms with van der Waals surface area (Å²) >= 11 is 0. The lowest BCUT2D eigenvalue weighted by atomic mass is 10.2. The van der Waals surface area contributed by atoms with Crippen molar-refractivity contribution in [2.45, 2.75) is 25.8 Å². The van der Waals surface area contributed by atoms with Crippen LogP contribution < -0.4 is 20.3 Å². The number of methoxy groups -OCH3 is 2. The molecule has 8 heteroatoms. The van der Waals surface area contributed by atoms with Crippen LogP contribution in [0.25, 0.3) is 0 Å². The summed E-state index contributed by atoms with van der Waals surface area (Å²) in [6, 6.07) is 8.36. The molecule has 26 heavy (non-hydrogen) atoms. The zero-order valence-electron chi connectivity index (χ0n) is 15.7. The number of rotatable bonds is 7. The zero-order valence-corrected chi connectivity index (χ0v) is 18.0. The number of halogens is 1. The fourth-order valence-electron chi connectivity index (χ4n) is 2.86.